The van der Waals surface area contributed by atoms with Crippen LogP contribution >= 0.6 is 0 Å². The fraction of sp³-hybridized carbons (Fsp3) is 0.742. The van der Waals surface area contributed by atoms with E-state index in [0.29, 0.717) is 11.8 Å². The molecule has 1 rings (SSSR count). The van der Waals surface area contributed by atoms with Gasteiger partial charge in [0.05, 0.1) is 0 Å². The van der Waals surface area contributed by atoms with E-state index in [2.05, 4.69) is 78.6 Å². The number of nitrogens with one attached hydrogen (secondary N) is 1. The Labute approximate surface area is 201 Å². The van der Waals surface area contributed by atoms with E-state index in [1.54, 1.807) is 16.7 Å². The van der Waals surface area contributed by atoms with Gasteiger partial charge in [0.2, 0.25) is 0 Å². The standard InChI is InChI=1S/C31H55N/c1-10-12-13-14-15-30-22-27(17-19-28(30)11-2)21-29(23(3)4)18-16-25(7)20-31(24(5)6)26(8)32-9/h17,19,22-25,29,31-32H,8,10-16,18,20-21H2,1-7,9H3. The summed E-state index contributed by atoms with van der Waals surface area (Å²) in [4.78, 5) is 0. The van der Waals surface area contributed by atoms with Gasteiger partial charge < -0.3 is 5.32 Å². The number of benzene rings is 1. The summed E-state index contributed by atoms with van der Waals surface area (Å²) < 4.78 is 0. The maximum atomic E-state index is 4.27. The van der Waals surface area contributed by atoms with Crippen LogP contribution in [0.3, 0.4) is 0 Å². The molecular formula is C31H55N. The third-order valence-electron chi connectivity index (χ3n) is 7.65. The molecule has 0 amide bonds. The molecule has 184 valence electrons. The Balaban J connectivity index is 2.75. The summed E-state index contributed by atoms with van der Waals surface area (Å²) >= 11 is 0. The molecule has 1 aromatic carbocycles. The highest BCUT2D eigenvalue weighted by atomic mass is 14.8. The van der Waals surface area contributed by atoms with Gasteiger partial charge in [0, 0.05) is 18.7 Å². The largest absolute Gasteiger partial charge is 0.392 e. The van der Waals surface area contributed by atoms with Crippen molar-refractivity contribution in [3.63, 3.8) is 0 Å². The van der Waals surface area contributed by atoms with Crippen LogP contribution in [0.1, 0.15) is 110 Å². The minimum atomic E-state index is 0.573. The van der Waals surface area contributed by atoms with E-state index in [0.717, 1.165) is 24.2 Å². The highest BCUT2D eigenvalue weighted by Gasteiger charge is 2.21. The van der Waals surface area contributed by atoms with Crippen molar-refractivity contribution in [1.82, 2.24) is 5.32 Å². The predicted molar refractivity (Wildman–Crippen MR) is 145 cm³/mol. The first-order chi connectivity index (χ1) is 15.2. The number of aryl methyl sites for hydroxylation is 2. The minimum Gasteiger partial charge on any atom is -0.392 e. The number of allylic oxidation sites excluding steroid dienone is 1. The van der Waals surface area contributed by atoms with Crippen LogP contribution in [-0.4, -0.2) is 7.05 Å². The van der Waals surface area contributed by atoms with Gasteiger partial charge in [-0.2, -0.15) is 0 Å². The van der Waals surface area contributed by atoms with Crippen molar-refractivity contribution < 1.29 is 0 Å². The first-order valence-electron chi connectivity index (χ1n) is 13.7. The van der Waals surface area contributed by atoms with Gasteiger partial charge in [-0.3, -0.25) is 0 Å². The molecule has 0 aliphatic heterocycles. The molecule has 1 nitrogen and oxygen atoms in total. The van der Waals surface area contributed by atoms with Crippen molar-refractivity contribution in [3.8, 4) is 0 Å². The Morgan fingerprint density at radius 3 is 2.19 bits per heavy atom. The molecule has 1 N–H and O–H groups in total. The Morgan fingerprint density at radius 2 is 1.62 bits per heavy atom. The van der Waals surface area contributed by atoms with Crippen LogP contribution in [0, 0.1) is 29.6 Å². The summed E-state index contributed by atoms with van der Waals surface area (Å²) in [6, 6.07) is 7.38. The van der Waals surface area contributed by atoms with Crippen molar-refractivity contribution >= 4 is 0 Å². The average molecular weight is 442 g/mol. The van der Waals surface area contributed by atoms with E-state index in [1.165, 1.54) is 63.5 Å². The summed E-state index contributed by atoms with van der Waals surface area (Å²) in [7, 11) is 2.01. The fourth-order valence-electron chi connectivity index (χ4n) is 5.15. The monoisotopic (exact) mass is 441 g/mol. The number of rotatable bonds is 17. The molecule has 3 unspecified atom stereocenters. The smallest absolute Gasteiger partial charge is 0.00652 e. The van der Waals surface area contributed by atoms with Gasteiger partial charge in [-0.1, -0.05) is 98.9 Å². The molecular weight excluding hydrogens is 386 g/mol. The van der Waals surface area contributed by atoms with Crippen LogP contribution in [0.15, 0.2) is 30.5 Å². The van der Waals surface area contributed by atoms with Gasteiger partial charge in [-0.25, -0.2) is 0 Å². The minimum absolute atomic E-state index is 0.573. The lowest BCUT2D eigenvalue weighted by molar-refractivity contribution is 0.284. The summed E-state index contributed by atoms with van der Waals surface area (Å²) in [6.07, 6.45) is 12.9. The predicted octanol–water partition coefficient (Wildman–Crippen LogP) is 9.00. The Bertz CT molecular complexity index is 642. The molecule has 0 saturated heterocycles. The number of unbranched alkanes of at least 4 members (excludes halogenated alkanes) is 3. The quantitative estimate of drug-likeness (QED) is 0.238. The van der Waals surface area contributed by atoms with Crippen molar-refractivity contribution in [2.24, 2.45) is 29.6 Å². The molecule has 0 heterocycles. The third kappa shape index (κ3) is 10.1. The van der Waals surface area contributed by atoms with Gasteiger partial charge >= 0.3 is 0 Å². The zero-order chi connectivity index (χ0) is 24.1. The topological polar surface area (TPSA) is 12.0 Å². The van der Waals surface area contributed by atoms with Crippen LogP contribution in [0.4, 0.5) is 0 Å². The molecule has 32 heavy (non-hydrogen) atoms. The summed E-state index contributed by atoms with van der Waals surface area (Å²) in [5, 5.41) is 3.31. The molecule has 0 bridgehead atoms. The number of hydrogen-bond donors (Lipinski definition) is 1. The van der Waals surface area contributed by atoms with Gasteiger partial charge in [-0.05, 0) is 78.9 Å². The van der Waals surface area contributed by atoms with Gasteiger partial charge in [-0.15, -0.1) is 0 Å². The molecule has 0 aliphatic carbocycles. The van der Waals surface area contributed by atoms with Crippen LogP contribution in [0.5, 0.6) is 0 Å². The Hall–Kier alpha value is -1.24. The number of hydrogen-bond acceptors (Lipinski definition) is 1. The van der Waals surface area contributed by atoms with Crippen molar-refractivity contribution in [2.45, 2.75) is 113 Å². The highest BCUT2D eigenvalue weighted by molar-refractivity contribution is 5.32. The van der Waals surface area contributed by atoms with Crippen LogP contribution < -0.4 is 5.32 Å². The first-order valence-corrected chi connectivity index (χ1v) is 13.7. The SMILES string of the molecule is C=C(NC)C(CC(C)CCC(Cc1ccc(CC)c(CCCCCC)c1)C(C)C)C(C)C. The van der Waals surface area contributed by atoms with Gasteiger partial charge in [0.25, 0.3) is 0 Å². The second kappa shape index (κ2) is 15.6. The molecule has 0 radical (unpaired) electrons. The van der Waals surface area contributed by atoms with E-state index in [4.69, 9.17) is 0 Å². The lowest BCUT2D eigenvalue weighted by atomic mass is 9.79. The lowest BCUT2D eigenvalue weighted by Crippen LogP contribution is -2.22. The third-order valence-corrected chi connectivity index (χ3v) is 7.65. The molecule has 3 atom stereocenters. The molecule has 0 spiro atoms. The molecule has 0 aromatic heterocycles. The van der Waals surface area contributed by atoms with E-state index >= 15 is 0 Å². The summed E-state index contributed by atoms with van der Waals surface area (Å²) in [6.45, 7) is 20.8. The van der Waals surface area contributed by atoms with E-state index in [-0.39, 0.29) is 0 Å². The maximum absolute atomic E-state index is 4.27. The second-order valence-corrected chi connectivity index (χ2v) is 11.0. The van der Waals surface area contributed by atoms with Crippen molar-refractivity contribution in [1.29, 1.82) is 0 Å². The van der Waals surface area contributed by atoms with E-state index in [1.807, 2.05) is 7.05 Å². The zero-order valence-electron chi connectivity index (χ0n) is 22.9. The zero-order valence-corrected chi connectivity index (χ0v) is 22.9. The first kappa shape index (κ1) is 28.8. The van der Waals surface area contributed by atoms with Gasteiger partial charge in [0.15, 0.2) is 0 Å². The maximum Gasteiger partial charge on any atom is 0.00652 e. The highest BCUT2D eigenvalue weighted by Crippen LogP contribution is 2.31. The fourth-order valence-corrected chi connectivity index (χ4v) is 5.15. The lowest BCUT2D eigenvalue weighted by Gasteiger charge is -2.28. The Kier molecular flexibility index (Phi) is 14.0. The second-order valence-electron chi connectivity index (χ2n) is 11.0. The average Bonchev–Trinajstić information content (AvgIpc) is 2.77. The van der Waals surface area contributed by atoms with Crippen LogP contribution in [0.2, 0.25) is 0 Å². The molecule has 1 heteroatoms. The molecule has 0 aliphatic rings. The molecule has 0 saturated carbocycles. The Morgan fingerprint density at radius 1 is 0.906 bits per heavy atom. The summed E-state index contributed by atoms with van der Waals surface area (Å²) in [5.41, 5.74) is 5.93. The van der Waals surface area contributed by atoms with Crippen molar-refractivity contribution in [2.75, 3.05) is 7.05 Å². The summed E-state index contributed by atoms with van der Waals surface area (Å²) in [5.74, 6) is 3.46. The van der Waals surface area contributed by atoms with Gasteiger partial charge in [0.1, 0.15) is 0 Å². The van der Waals surface area contributed by atoms with Crippen molar-refractivity contribution in [3.05, 3.63) is 47.2 Å². The molecule has 1 aromatic rings. The normalized spacial score (nSPS) is 14.6. The van der Waals surface area contributed by atoms with Crippen LogP contribution in [0.25, 0.3) is 0 Å². The van der Waals surface area contributed by atoms with Crippen LogP contribution in [-0.2, 0) is 19.3 Å². The van der Waals surface area contributed by atoms with E-state index in [9.17, 15) is 0 Å². The molecule has 0 fully saturated rings. The van der Waals surface area contributed by atoms with E-state index < -0.39 is 0 Å².